The first-order valence-electron chi connectivity index (χ1n) is 14.8. The summed E-state index contributed by atoms with van der Waals surface area (Å²) in [6, 6.07) is 19.1. The largest absolute Gasteiger partial charge is 0.491 e. The number of hydrogen-bond donors (Lipinski definition) is 1. The summed E-state index contributed by atoms with van der Waals surface area (Å²) in [5.41, 5.74) is 3.47. The molecule has 4 nitrogen and oxygen atoms in total. The second-order valence-corrected chi connectivity index (χ2v) is 11.4. The van der Waals surface area contributed by atoms with Crippen molar-refractivity contribution in [1.29, 1.82) is 0 Å². The molecule has 1 N–H and O–H groups in total. The molecule has 0 saturated carbocycles. The minimum atomic E-state index is 0.297. The van der Waals surface area contributed by atoms with Crippen molar-refractivity contribution in [3.63, 3.8) is 0 Å². The summed E-state index contributed by atoms with van der Waals surface area (Å²) in [5, 5.41) is 3.53. The first-order valence-corrected chi connectivity index (χ1v) is 15.8. The highest BCUT2D eigenvalue weighted by Crippen LogP contribution is 2.39. The van der Waals surface area contributed by atoms with Crippen LogP contribution >= 0.6 is 11.8 Å². The quantitative estimate of drug-likeness (QED) is 0.193. The average Bonchev–Trinajstić information content (AvgIpc) is 2.97. The first-order chi connectivity index (χ1) is 18.7. The molecular weight excluding hydrogens is 488 g/mol. The Hall–Kier alpha value is -2.40. The third-order valence-corrected chi connectivity index (χ3v) is 8.22. The second-order valence-electron chi connectivity index (χ2n) is 10.3. The Morgan fingerprint density at radius 1 is 0.842 bits per heavy atom. The third-order valence-electron chi connectivity index (χ3n) is 7.13. The van der Waals surface area contributed by atoms with Crippen LogP contribution in [0, 0.1) is 0 Å². The molecular formula is C33H48N2O2S. The number of ether oxygens (including phenoxy) is 1. The number of nitrogens with one attached hydrogen (secondary N) is 1. The molecule has 0 fully saturated rings. The van der Waals surface area contributed by atoms with Gasteiger partial charge < -0.3 is 15.0 Å². The Morgan fingerprint density at radius 2 is 1.53 bits per heavy atom. The van der Waals surface area contributed by atoms with E-state index in [0.29, 0.717) is 12.3 Å². The predicted molar refractivity (Wildman–Crippen MR) is 165 cm³/mol. The van der Waals surface area contributed by atoms with Gasteiger partial charge in [0.2, 0.25) is 5.91 Å². The van der Waals surface area contributed by atoms with Gasteiger partial charge >= 0.3 is 0 Å². The van der Waals surface area contributed by atoms with E-state index < -0.39 is 0 Å². The molecule has 2 aromatic carbocycles. The van der Waals surface area contributed by atoms with Gasteiger partial charge in [0.05, 0.1) is 11.5 Å². The number of unbranched alkanes of at least 4 members (excludes halogenated alkanes) is 9. The van der Waals surface area contributed by atoms with E-state index in [-0.39, 0.29) is 0 Å². The van der Waals surface area contributed by atoms with E-state index in [4.69, 9.17) is 4.74 Å². The number of carbonyl (C=O) groups excluding carboxylic acids is 1. The monoisotopic (exact) mass is 536 g/mol. The standard InChI is InChI=1S/C33H48N2O2S/c1-3-4-5-6-7-8-9-16-25-35(2)31(36)19-14-11-15-24-34-30-22-20-29(21-23-30)33-32(37-26-27-38-33)28-17-12-10-13-18-28/h10,12-13,17-18,20-23,34H,3-9,11,14-16,19,24-27H2,1-2H3. The van der Waals surface area contributed by atoms with Gasteiger partial charge in [-0.3, -0.25) is 4.79 Å². The van der Waals surface area contributed by atoms with Crippen LogP contribution in [0.3, 0.4) is 0 Å². The van der Waals surface area contributed by atoms with E-state index in [2.05, 4.69) is 60.8 Å². The van der Waals surface area contributed by atoms with Gasteiger partial charge in [-0.2, -0.15) is 0 Å². The fraction of sp³-hybridized carbons (Fsp3) is 0.545. The van der Waals surface area contributed by atoms with Crippen molar-refractivity contribution in [2.75, 3.05) is 37.8 Å². The number of rotatable bonds is 18. The molecule has 5 heteroatoms. The maximum absolute atomic E-state index is 12.4. The van der Waals surface area contributed by atoms with Crippen molar-refractivity contribution in [3.8, 4) is 0 Å². The number of carbonyl (C=O) groups is 1. The molecule has 3 rings (SSSR count). The van der Waals surface area contributed by atoms with Crippen molar-refractivity contribution in [3.05, 3.63) is 65.7 Å². The fourth-order valence-electron chi connectivity index (χ4n) is 4.79. The molecule has 1 aliphatic heterocycles. The van der Waals surface area contributed by atoms with Crippen LogP contribution in [0.25, 0.3) is 10.7 Å². The molecule has 0 radical (unpaired) electrons. The van der Waals surface area contributed by atoms with E-state index in [1.807, 2.05) is 29.8 Å². The van der Waals surface area contributed by atoms with E-state index in [1.165, 1.54) is 55.4 Å². The van der Waals surface area contributed by atoms with Crippen LogP contribution in [0.5, 0.6) is 0 Å². The molecule has 0 saturated heterocycles. The van der Waals surface area contributed by atoms with Gasteiger partial charge in [0.15, 0.2) is 0 Å². The Bertz CT molecular complexity index is 959. The van der Waals surface area contributed by atoms with Crippen LogP contribution in [0.4, 0.5) is 5.69 Å². The highest BCUT2D eigenvalue weighted by Gasteiger charge is 2.18. The second kappa shape index (κ2) is 18.0. The van der Waals surface area contributed by atoms with Crippen LogP contribution in [0.15, 0.2) is 54.6 Å². The topological polar surface area (TPSA) is 41.6 Å². The van der Waals surface area contributed by atoms with Crippen molar-refractivity contribution in [1.82, 2.24) is 4.90 Å². The molecule has 1 amide bonds. The van der Waals surface area contributed by atoms with Gasteiger partial charge in [-0.1, -0.05) is 101 Å². The summed E-state index contributed by atoms with van der Waals surface area (Å²) in [7, 11) is 1.96. The van der Waals surface area contributed by atoms with Crippen molar-refractivity contribution >= 4 is 34.0 Å². The highest BCUT2D eigenvalue weighted by atomic mass is 32.2. The van der Waals surface area contributed by atoms with E-state index in [0.717, 1.165) is 68.1 Å². The van der Waals surface area contributed by atoms with Crippen LogP contribution in [-0.4, -0.2) is 43.3 Å². The molecule has 0 aromatic heterocycles. The summed E-state index contributed by atoms with van der Waals surface area (Å²) < 4.78 is 6.06. The average molecular weight is 537 g/mol. The summed E-state index contributed by atoms with van der Waals surface area (Å²) in [6.07, 6.45) is 14.2. The van der Waals surface area contributed by atoms with Gasteiger partial charge in [-0.25, -0.2) is 0 Å². The van der Waals surface area contributed by atoms with E-state index in [1.54, 1.807) is 0 Å². The van der Waals surface area contributed by atoms with Crippen LogP contribution < -0.4 is 5.32 Å². The fourth-order valence-corrected chi connectivity index (χ4v) is 5.77. The van der Waals surface area contributed by atoms with Gasteiger partial charge in [0, 0.05) is 43.6 Å². The lowest BCUT2D eigenvalue weighted by molar-refractivity contribution is -0.130. The number of benzene rings is 2. The van der Waals surface area contributed by atoms with Crippen molar-refractivity contribution in [2.45, 2.75) is 84.0 Å². The summed E-state index contributed by atoms with van der Waals surface area (Å²) in [6.45, 7) is 4.84. The molecule has 2 aromatic rings. The zero-order valence-electron chi connectivity index (χ0n) is 23.7. The molecule has 0 unspecified atom stereocenters. The Balaban J connectivity index is 1.29. The maximum atomic E-state index is 12.4. The van der Waals surface area contributed by atoms with Gasteiger partial charge in [0.1, 0.15) is 5.76 Å². The number of amides is 1. The lowest BCUT2D eigenvalue weighted by Crippen LogP contribution is -2.27. The van der Waals surface area contributed by atoms with E-state index >= 15 is 0 Å². The Morgan fingerprint density at radius 3 is 2.26 bits per heavy atom. The van der Waals surface area contributed by atoms with Crippen LogP contribution in [0.2, 0.25) is 0 Å². The summed E-state index contributed by atoms with van der Waals surface area (Å²) >= 11 is 1.87. The third kappa shape index (κ3) is 10.8. The molecule has 0 aliphatic carbocycles. The lowest BCUT2D eigenvalue weighted by Gasteiger charge is -2.21. The van der Waals surface area contributed by atoms with Gasteiger partial charge in [-0.15, -0.1) is 11.8 Å². The highest BCUT2D eigenvalue weighted by molar-refractivity contribution is 8.08. The predicted octanol–water partition coefficient (Wildman–Crippen LogP) is 8.85. The molecule has 0 bridgehead atoms. The smallest absolute Gasteiger partial charge is 0.222 e. The number of anilines is 1. The number of hydrogen-bond acceptors (Lipinski definition) is 4. The molecule has 208 valence electrons. The minimum Gasteiger partial charge on any atom is -0.491 e. The van der Waals surface area contributed by atoms with Crippen molar-refractivity contribution in [2.24, 2.45) is 0 Å². The maximum Gasteiger partial charge on any atom is 0.222 e. The zero-order valence-corrected chi connectivity index (χ0v) is 24.5. The molecule has 1 aliphatic rings. The normalized spacial score (nSPS) is 13.3. The summed E-state index contributed by atoms with van der Waals surface area (Å²) in [4.78, 5) is 15.6. The Labute approximate surface area is 235 Å². The van der Waals surface area contributed by atoms with Crippen LogP contribution in [-0.2, 0) is 9.53 Å². The van der Waals surface area contributed by atoms with Crippen molar-refractivity contribution < 1.29 is 9.53 Å². The number of thioether (sulfide) groups is 1. The van der Waals surface area contributed by atoms with Crippen LogP contribution in [0.1, 0.15) is 95.1 Å². The first kappa shape index (κ1) is 30.1. The molecule has 0 atom stereocenters. The zero-order chi connectivity index (χ0) is 26.8. The summed E-state index contributed by atoms with van der Waals surface area (Å²) in [5.74, 6) is 2.26. The van der Waals surface area contributed by atoms with E-state index in [9.17, 15) is 4.79 Å². The Kier molecular flexibility index (Phi) is 14.3. The molecule has 0 spiro atoms. The molecule has 38 heavy (non-hydrogen) atoms. The van der Waals surface area contributed by atoms with Gasteiger partial charge in [0.25, 0.3) is 0 Å². The minimum absolute atomic E-state index is 0.297. The number of nitrogens with zero attached hydrogens (tertiary/aromatic N) is 1. The lowest BCUT2D eigenvalue weighted by atomic mass is 10.1. The molecule has 1 heterocycles. The van der Waals surface area contributed by atoms with Gasteiger partial charge in [-0.05, 0) is 37.0 Å². The SMILES string of the molecule is CCCCCCCCCCN(C)C(=O)CCCCCNc1ccc(C2=C(c3ccccc3)OCCS2)cc1.